The average Bonchev–Trinajstić information content (AvgIpc) is 2.45. The number of hydrogen-bond donors (Lipinski definition) is 0. The summed E-state index contributed by atoms with van der Waals surface area (Å²) in [6, 6.07) is 0. The summed E-state index contributed by atoms with van der Waals surface area (Å²) in [4.78, 5) is 4.15. The molecule has 0 radical (unpaired) electrons. The van der Waals surface area contributed by atoms with Crippen LogP contribution in [-0.4, -0.2) is 10.7 Å². The largest absolute Gasteiger partial charge is 0.440 e. The fourth-order valence-electron chi connectivity index (χ4n) is 0.732. The third kappa shape index (κ3) is 3.02. The molecule has 2 nitrogen and oxygen atoms in total. The van der Waals surface area contributed by atoms with Gasteiger partial charge in [0.25, 0.3) is 5.22 Å². The van der Waals surface area contributed by atoms with Crippen molar-refractivity contribution in [3.63, 3.8) is 0 Å². The Morgan fingerprint density at radius 3 is 3.17 bits per heavy atom. The van der Waals surface area contributed by atoms with E-state index < -0.39 is 0 Å². The molecule has 0 aliphatic heterocycles. The lowest BCUT2D eigenvalue weighted by Gasteiger charge is -1.91. The van der Waals surface area contributed by atoms with E-state index in [0.717, 1.165) is 29.5 Å². The zero-order valence-corrected chi connectivity index (χ0v) is 7.86. The number of oxazole rings is 1. The van der Waals surface area contributed by atoms with Crippen LogP contribution in [0.5, 0.6) is 0 Å². The van der Waals surface area contributed by atoms with Gasteiger partial charge >= 0.3 is 0 Å². The first-order chi connectivity index (χ1) is 5.83. The number of terminal acetylenes is 1. The quantitative estimate of drug-likeness (QED) is 0.405. The molecule has 0 saturated carbocycles. The molecular weight excluding hydrogens is 170 g/mol. The highest BCUT2D eigenvalue weighted by Crippen LogP contribution is 2.17. The van der Waals surface area contributed by atoms with Gasteiger partial charge < -0.3 is 4.42 Å². The van der Waals surface area contributed by atoms with E-state index in [0.29, 0.717) is 0 Å². The molecule has 1 heterocycles. The zero-order valence-electron chi connectivity index (χ0n) is 7.04. The van der Waals surface area contributed by atoms with E-state index in [1.165, 1.54) is 0 Å². The predicted molar refractivity (Wildman–Crippen MR) is 50.0 cm³/mol. The minimum absolute atomic E-state index is 0.740. The van der Waals surface area contributed by atoms with Crippen LogP contribution in [0.1, 0.15) is 18.5 Å². The van der Waals surface area contributed by atoms with Gasteiger partial charge in [-0.25, -0.2) is 4.98 Å². The van der Waals surface area contributed by atoms with E-state index in [1.54, 1.807) is 18.0 Å². The van der Waals surface area contributed by atoms with E-state index in [4.69, 9.17) is 10.8 Å². The molecule has 0 saturated heterocycles. The number of unbranched alkanes of at least 4 members (excludes halogenated alkanes) is 1. The summed E-state index contributed by atoms with van der Waals surface area (Å²) in [5.41, 5.74) is 0.925. The highest BCUT2D eigenvalue weighted by atomic mass is 32.2. The molecule has 0 unspecified atom stereocenters. The Kier molecular flexibility index (Phi) is 3.75. The van der Waals surface area contributed by atoms with E-state index >= 15 is 0 Å². The number of nitrogens with zero attached hydrogens (tertiary/aromatic N) is 1. The predicted octanol–water partition coefficient (Wildman–Crippen LogP) is 2.49. The van der Waals surface area contributed by atoms with Crippen molar-refractivity contribution in [3.05, 3.63) is 12.0 Å². The Labute approximate surface area is 76.8 Å². The number of thioether (sulfide) groups is 1. The van der Waals surface area contributed by atoms with E-state index in [-0.39, 0.29) is 0 Å². The minimum Gasteiger partial charge on any atom is -0.440 e. The molecule has 1 rings (SSSR count). The Morgan fingerprint density at radius 1 is 1.75 bits per heavy atom. The topological polar surface area (TPSA) is 26.0 Å². The van der Waals surface area contributed by atoms with Crippen molar-refractivity contribution < 1.29 is 4.42 Å². The summed E-state index contributed by atoms with van der Waals surface area (Å²) in [6.07, 6.45) is 8.61. The lowest BCUT2D eigenvalue weighted by molar-refractivity contribution is 0.454. The van der Waals surface area contributed by atoms with Gasteiger partial charge in [-0.2, -0.15) is 0 Å². The van der Waals surface area contributed by atoms with Gasteiger partial charge in [0.1, 0.15) is 6.26 Å². The molecule has 0 bridgehead atoms. The summed E-state index contributed by atoms with van der Waals surface area (Å²) < 4.78 is 5.14. The van der Waals surface area contributed by atoms with Crippen molar-refractivity contribution in [1.82, 2.24) is 4.98 Å². The molecule has 1 aromatic heterocycles. The maximum Gasteiger partial charge on any atom is 0.255 e. The van der Waals surface area contributed by atoms with Crippen molar-refractivity contribution in [3.8, 4) is 12.3 Å². The minimum atomic E-state index is 0.740. The van der Waals surface area contributed by atoms with Gasteiger partial charge in [-0.05, 0) is 13.3 Å². The van der Waals surface area contributed by atoms with Crippen LogP contribution < -0.4 is 0 Å². The molecule has 0 N–H and O–H groups in total. The van der Waals surface area contributed by atoms with Crippen molar-refractivity contribution in [2.45, 2.75) is 25.0 Å². The fourth-order valence-corrected chi connectivity index (χ4v) is 1.52. The number of hydrogen-bond acceptors (Lipinski definition) is 3. The summed E-state index contributed by atoms with van der Waals surface area (Å²) in [7, 11) is 0. The van der Waals surface area contributed by atoms with Gasteiger partial charge in [-0.3, -0.25) is 0 Å². The maximum absolute atomic E-state index is 5.14. The summed E-state index contributed by atoms with van der Waals surface area (Å²) in [6.45, 7) is 1.91. The fraction of sp³-hybridized carbons (Fsp3) is 0.444. The highest BCUT2D eigenvalue weighted by Gasteiger charge is 1.99. The first-order valence-corrected chi connectivity index (χ1v) is 4.80. The highest BCUT2D eigenvalue weighted by molar-refractivity contribution is 7.99. The Balaban J connectivity index is 2.21. The SMILES string of the molecule is C#CCCCSc1nc(C)co1. The van der Waals surface area contributed by atoms with Crippen LogP contribution in [0.15, 0.2) is 15.9 Å². The van der Waals surface area contributed by atoms with Gasteiger partial charge in [-0.15, -0.1) is 12.3 Å². The standard InChI is InChI=1S/C9H11NOS/c1-3-4-5-6-12-9-10-8(2)7-11-9/h1,7H,4-6H2,2H3. The third-order valence-electron chi connectivity index (χ3n) is 1.29. The zero-order chi connectivity index (χ0) is 8.81. The smallest absolute Gasteiger partial charge is 0.255 e. The molecule has 0 atom stereocenters. The van der Waals surface area contributed by atoms with E-state index in [2.05, 4.69) is 10.9 Å². The summed E-state index contributed by atoms with van der Waals surface area (Å²) >= 11 is 1.61. The summed E-state index contributed by atoms with van der Waals surface area (Å²) in [5, 5.41) is 0.740. The van der Waals surface area contributed by atoms with E-state index in [1.807, 2.05) is 6.92 Å². The van der Waals surface area contributed by atoms with Crippen LogP contribution in [0.2, 0.25) is 0 Å². The number of aryl methyl sites for hydroxylation is 1. The van der Waals surface area contributed by atoms with Gasteiger partial charge in [-0.1, -0.05) is 11.8 Å². The molecule has 0 aliphatic rings. The molecular formula is C9H11NOS. The first kappa shape index (κ1) is 9.21. The Morgan fingerprint density at radius 2 is 2.58 bits per heavy atom. The second-order valence-corrected chi connectivity index (χ2v) is 3.46. The second-order valence-electron chi connectivity index (χ2n) is 2.41. The van der Waals surface area contributed by atoms with Crippen molar-refractivity contribution in [2.75, 3.05) is 5.75 Å². The molecule has 1 aromatic rings. The molecule has 0 aliphatic carbocycles. The number of rotatable bonds is 4. The molecule has 0 amide bonds. The van der Waals surface area contributed by atoms with Crippen LogP contribution >= 0.6 is 11.8 Å². The molecule has 64 valence electrons. The Bertz CT molecular complexity index is 274. The average molecular weight is 181 g/mol. The summed E-state index contributed by atoms with van der Waals surface area (Å²) in [5.74, 6) is 3.57. The molecule has 0 spiro atoms. The second kappa shape index (κ2) is 4.89. The van der Waals surface area contributed by atoms with Crippen LogP contribution in [0.4, 0.5) is 0 Å². The van der Waals surface area contributed by atoms with Crippen LogP contribution in [0.3, 0.4) is 0 Å². The third-order valence-corrected chi connectivity index (χ3v) is 2.22. The maximum atomic E-state index is 5.14. The number of aromatic nitrogens is 1. The first-order valence-electron chi connectivity index (χ1n) is 3.81. The monoisotopic (exact) mass is 181 g/mol. The van der Waals surface area contributed by atoms with Crippen molar-refractivity contribution in [1.29, 1.82) is 0 Å². The molecule has 0 aromatic carbocycles. The Hall–Kier alpha value is -0.880. The van der Waals surface area contributed by atoms with Crippen LogP contribution in [-0.2, 0) is 0 Å². The molecule has 3 heteroatoms. The van der Waals surface area contributed by atoms with Gasteiger partial charge in [0, 0.05) is 12.2 Å². The lowest BCUT2D eigenvalue weighted by atomic mass is 10.4. The van der Waals surface area contributed by atoms with Gasteiger partial charge in [0.15, 0.2) is 0 Å². The lowest BCUT2D eigenvalue weighted by Crippen LogP contribution is -1.79. The van der Waals surface area contributed by atoms with Crippen LogP contribution in [0.25, 0.3) is 0 Å². The van der Waals surface area contributed by atoms with Crippen LogP contribution in [0, 0.1) is 19.3 Å². The van der Waals surface area contributed by atoms with E-state index in [9.17, 15) is 0 Å². The van der Waals surface area contributed by atoms with Gasteiger partial charge in [0.05, 0.1) is 5.69 Å². The normalized spacial score (nSPS) is 9.67. The van der Waals surface area contributed by atoms with Crippen molar-refractivity contribution >= 4 is 11.8 Å². The molecule has 0 fully saturated rings. The van der Waals surface area contributed by atoms with Gasteiger partial charge in [0.2, 0.25) is 0 Å². The van der Waals surface area contributed by atoms with Crippen molar-refractivity contribution in [2.24, 2.45) is 0 Å². The molecule has 12 heavy (non-hydrogen) atoms.